The molecule has 0 amide bonds. The molecule has 4 heterocycles. The molecule has 31 heavy (non-hydrogen) atoms. The van der Waals surface area contributed by atoms with Crippen molar-refractivity contribution in [2.24, 2.45) is 0 Å². The molecule has 0 saturated carbocycles. The third kappa shape index (κ3) is 3.70. The molecule has 5 aromatic rings. The number of benzene rings is 1. The number of hydrogen-bond acceptors (Lipinski definition) is 4. The van der Waals surface area contributed by atoms with Gasteiger partial charge in [-0.15, -0.1) is 0 Å². The van der Waals surface area contributed by atoms with E-state index in [2.05, 4.69) is 57.9 Å². The van der Waals surface area contributed by atoms with Crippen LogP contribution in [-0.2, 0) is 12.8 Å². The van der Waals surface area contributed by atoms with Gasteiger partial charge in [-0.05, 0) is 53.4 Å². The smallest absolute Gasteiger partial charge is 0.141 e. The molecule has 0 spiro atoms. The molecule has 5 heteroatoms. The van der Waals surface area contributed by atoms with E-state index in [4.69, 9.17) is 9.97 Å². The van der Waals surface area contributed by atoms with E-state index in [-0.39, 0.29) is 5.92 Å². The molecule has 1 aromatic carbocycles. The van der Waals surface area contributed by atoms with Crippen LogP contribution < -0.4 is 0 Å². The molecule has 152 valence electrons. The van der Waals surface area contributed by atoms with E-state index in [1.165, 1.54) is 0 Å². The number of nitrogens with zero attached hydrogens (tertiary/aromatic N) is 5. The summed E-state index contributed by atoms with van der Waals surface area (Å²) in [5.74, 6) is 2.08. The lowest BCUT2D eigenvalue weighted by Gasteiger charge is -2.20. The number of pyridine rings is 3. The van der Waals surface area contributed by atoms with Crippen molar-refractivity contribution in [3.63, 3.8) is 0 Å². The maximum atomic E-state index is 4.85. The summed E-state index contributed by atoms with van der Waals surface area (Å²) in [6.45, 7) is 2.13. The van der Waals surface area contributed by atoms with Gasteiger partial charge in [-0.2, -0.15) is 0 Å². The van der Waals surface area contributed by atoms with Gasteiger partial charge in [0.25, 0.3) is 0 Å². The van der Waals surface area contributed by atoms with Crippen LogP contribution in [0, 0.1) is 0 Å². The summed E-state index contributed by atoms with van der Waals surface area (Å²) in [5, 5.41) is 0. The molecule has 0 aliphatic rings. The first-order valence-corrected chi connectivity index (χ1v) is 10.6. The van der Waals surface area contributed by atoms with Gasteiger partial charge in [0.2, 0.25) is 0 Å². The van der Waals surface area contributed by atoms with Crippen LogP contribution in [0.2, 0.25) is 0 Å². The Hall–Kier alpha value is -3.86. The minimum atomic E-state index is 0.130. The maximum Gasteiger partial charge on any atom is 0.141 e. The molecule has 5 nitrogen and oxygen atoms in total. The normalized spacial score (nSPS) is 11.3. The van der Waals surface area contributed by atoms with Crippen LogP contribution >= 0.6 is 0 Å². The highest BCUT2D eigenvalue weighted by atomic mass is 15.1. The largest absolute Gasteiger partial charge is 0.280 e. The number of aromatic nitrogens is 5. The average Bonchev–Trinajstić information content (AvgIpc) is 3.22. The Bertz CT molecular complexity index is 1260. The molecule has 0 unspecified atom stereocenters. The second kappa shape index (κ2) is 8.48. The Balaban J connectivity index is 1.65. The molecule has 5 rings (SSSR count). The highest BCUT2D eigenvalue weighted by molar-refractivity contribution is 5.78. The Labute approximate surface area is 181 Å². The fourth-order valence-corrected chi connectivity index (χ4v) is 4.15. The number of fused-ring (bicyclic) bond motifs is 1. The Morgan fingerprint density at radius 2 is 1.52 bits per heavy atom. The molecule has 0 bridgehead atoms. The van der Waals surface area contributed by atoms with E-state index in [1.54, 1.807) is 0 Å². The van der Waals surface area contributed by atoms with E-state index in [0.717, 1.165) is 52.2 Å². The summed E-state index contributed by atoms with van der Waals surface area (Å²) in [5.41, 5.74) is 5.57. The number of hydrogen-bond donors (Lipinski definition) is 0. The van der Waals surface area contributed by atoms with Crippen LogP contribution in [0.4, 0.5) is 0 Å². The summed E-state index contributed by atoms with van der Waals surface area (Å²) in [6.07, 6.45) is 11.0. The van der Waals surface area contributed by atoms with Gasteiger partial charge in [0, 0.05) is 43.3 Å². The van der Waals surface area contributed by atoms with Gasteiger partial charge in [0.1, 0.15) is 11.6 Å². The minimum Gasteiger partial charge on any atom is -0.280 e. The van der Waals surface area contributed by atoms with E-state index < -0.39 is 0 Å². The van der Waals surface area contributed by atoms with Crippen molar-refractivity contribution < 1.29 is 0 Å². The number of imidazole rings is 1. The van der Waals surface area contributed by atoms with Crippen LogP contribution in [0.1, 0.15) is 35.4 Å². The first-order valence-electron chi connectivity index (χ1n) is 10.6. The number of para-hydroxylation sites is 2. The SMILES string of the molecule is CCc1nc2ccccc2n1-c1ncccc1CC(c1cccnc1)c1cccnc1. The number of aryl methyl sites for hydroxylation is 1. The molecular weight excluding hydrogens is 382 g/mol. The van der Waals surface area contributed by atoms with Crippen LogP contribution in [0.5, 0.6) is 0 Å². The molecule has 0 N–H and O–H groups in total. The van der Waals surface area contributed by atoms with Crippen molar-refractivity contribution in [3.05, 3.63) is 114 Å². The Morgan fingerprint density at radius 1 is 0.806 bits per heavy atom. The van der Waals surface area contributed by atoms with Crippen LogP contribution in [-0.4, -0.2) is 24.5 Å². The fourth-order valence-electron chi connectivity index (χ4n) is 4.15. The van der Waals surface area contributed by atoms with Gasteiger partial charge in [-0.3, -0.25) is 14.5 Å². The molecule has 4 aromatic heterocycles. The molecule has 0 saturated heterocycles. The summed E-state index contributed by atoms with van der Waals surface area (Å²) in [7, 11) is 0. The predicted molar refractivity (Wildman–Crippen MR) is 122 cm³/mol. The molecule has 0 aliphatic heterocycles. The zero-order valence-corrected chi connectivity index (χ0v) is 17.4. The number of rotatable bonds is 6. The molecular formula is C26H23N5. The highest BCUT2D eigenvalue weighted by Crippen LogP contribution is 2.31. The quantitative estimate of drug-likeness (QED) is 0.392. The van der Waals surface area contributed by atoms with Crippen LogP contribution in [0.25, 0.3) is 16.9 Å². The zero-order valence-electron chi connectivity index (χ0n) is 17.4. The van der Waals surface area contributed by atoms with Crippen molar-refractivity contribution in [3.8, 4) is 5.82 Å². The lowest BCUT2D eigenvalue weighted by atomic mass is 9.87. The van der Waals surface area contributed by atoms with Gasteiger partial charge in [0.05, 0.1) is 11.0 Å². The van der Waals surface area contributed by atoms with E-state index in [1.807, 2.05) is 55.2 Å². The second-order valence-corrected chi connectivity index (χ2v) is 7.52. The monoisotopic (exact) mass is 405 g/mol. The fraction of sp³-hybridized carbons (Fsp3) is 0.154. The van der Waals surface area contributed by atoms with Crippen molar-refractivity contribution in [1.82, 2.24) is 24.5 Å². The molecule has 0 atom stereocenters. The van der Waals surface area contributed by atoms with Crippen LogP contribution in [0.15, 0.2) is 91.6 Å². The Kier molecular flexibility index (Phi) is 5.23. The lowest BCUT2D eigenvalue weighted by Crippen LogP contribution is -2.11. The van der Waals surface area contributed by atoms with E-state index >= 15 is 0 Å². The van der Waals surface area contributed by atoms with Gasteiger partial charge < -0.3 is 0 Å². The average molecular weight is 406 g/mol. The second-order valence-electron chi connectivity index (χ2n) is 7.52. The summed E-state index contributed by atoms with van der Waals surface area (Å²) in [4.78, 5) is 18.4. The summed E-state index contributed by atoms with van der Waals surface area (Å²) >= 11 is 0. The van der Waals surface area contributed by atoms with Crippen molar-refractivity contribution in [2.45, 2.75) is 25.7 Å². The molecule has 0 aliphatic carbocycles. The molecule has 0 radical (unpaired) electrons. The first-order chi connectivity index (χ1) is 15.3. The molecule has 0 fully saturated rings. The standard InChI is InChI=1S/C26H23N5/c1-2-25-30-23-11-3-4-12-24(23)31(25)26-19(8-7-15-29-26)16-22(20-9-5-13-27-17-20)21-10-6-14-28-18-21/h3-15,17-18,22H,2,16H2,1H3. The van der Waals surface area contributed by atoms with Gasteiger partial charge in [0.15, 0.2) is 0 Å². The first kappa shape index (κ1) is 19.1. The van der Waals surface area contributed by atoms with E-state index in [0.29, 0.717) is 0 Å². The maximum absolute atomic E-state index is 4.85. The Morgan fingerprint density at radius 3 is 2.19 bits per heavy atom. The van der Waals surface area contributed by atoms with Gasteiger partial charge in [-0.25, -0.2) is 9.97 Å². The topological polar surface area (TPSA) is 56.5 Å². The van der Waals surface area contributed by atoms with Crippen molar-refractivity contribution in [1.29, 1.82) is 0 Å². The predicted octanol–water partition coefficient (Wildman–Crippen LogP) is 5.15. The van der Waals surface area contributed by atoms with Crippen molar-refractivity contribution in [2.75, 3.05) is 0 Å². The lowest BCUT2D eigenvalue weighted by molar-refractivity contribution is 0.775. The summed E-state index contributed by atoms with van der Waals surface area (Å²) < 4.78 is 2.20. The van der Waals surface area contributed by atoms with Gasteiger partial charge >= 0.3 is 0 Å². The minimum absolute atomic E-state index is 0.130. The third-order valence-electron chi connectivity index (χ3n) is 5.62. The van der Waals surface area contributed by atoms with Crippen molar-refractivity contribution >= 4 is 11.0 Å². The third-order valence-corrected chi connectivity index (χ3v) is 5.62. The zero-order chi connectivity index (χ0) is 21.0. The van der Waals surface area contributed by atoms with Crippen LogP contribution in [0.3, 0.4) is 0 Å². The highest BCUT2D eigenvalue weighted by Gasteiger charge is 2.20. The van der Waals surface area contributed by atoms with E-state index in [9.17, 15) is 0 Å². The van der Waals surface area contributed by atoms with Gasteiger partial charge in [-0.1, -0.05) is 37.3 Å². The summed E-state index contributed by atoms with van der Waals surface area (Å²) in [6, 6.07) is 20.7.